The van der Waals surface area contributed by atoms with Crippen LogP contribution in [0.3, 0.4) is 0 Å². The minimum absolute atomic E-state index is 0.106. The lowest BCUT2D eigenvalue weighted by atomic mass is 10.1. The van der Waals surface area contributed by atoms with Crippen molar-refractivity contribution >= 4 is 5.91 Å². The van der Waals surface area contributed by atoms with E-state index >= 15 is 0 Å². The van der Waals surface area contributed by atoms with E-state index in [1.165, 1.54) is 18.2 Å². The van der Waals surface area contributed by atoms with Crippen molar-refractivity contribution in [1.82, 2.24) is 4.90 Å². The van der Waals surface area contributed by atoms with Crippen molar-refractivity contribution in [3.63, 3.8) is 0 Å². The zero-order chi connectivity index (χ0) is 13.0. The second-order valence-corrected chi connectivity index (χ2v) is 4.44. The molecule has 0 spiro atoms. The second kappa shape index (κ2) is 5.57. The first-order chi connectivity index (χ1) is 7.93. The smallest absolute Gasteiger partial charge is 0.253 e. The fourth-order valence-corrected chi connectivity index (χ4v) is 1.62. The lowest BCUT2D eigenvalue weighted by Gasteiger charge is -2.21. The molecule has 2 N–H and O–H groups in total. The van der Waals surface area contributed by atoms with Crippen LogP contribution in [0.1, 0.15) is 30.6 Å². The van der Waals surface area contributed by atoms with E-state index < -0.39 is 0 Å². The number of hydrogen-bond donors (Lipinski definition) is 2. The minimum atomic E-state index is -0.198. The zero-order valence-electron chi connectivity index (χ0n) is 10.5. The van der Waals surface area contributed by atoms with Crippen LogP contribution in [0.4, 0.5) is 0 Å². The summed E-state index contributed by atoms with van der Waals surface area (Å²) in [6, 6.07) is 3.91. The van der Waals surface area contributed by atoms with Gasteiger partial charge in [-0.1, -0.05) is 20.3 Å². The lowest BCUT2D eigenvalue weighted by Crippen LogP contribution is -2.30. The Hall–Kier alpha value is -1.71. The molecule has 0 aliphatic rings. The molecule has 0 bridgehead atoms. The van der Waals surface area contributed by atoms with Crippen LogP contribution in [0, 0.1) is 5.92 Å². The van der Waals surface area contributed by atoms with E-state index in [-0.39, 0.29) is 17.4 Å². The van der Waals surface area contributed by atoms with Gasteiger partial charge < -0.3 is 15.1 Å². The van der Waals surface area contributed by atoms with Gasteiger partial charge in [-0.15, -0.1) is 0 Å². The lowest BCUT2D eigenvalue weighted by molar-refractivity contribution is 0.0774. The van der Waals surface area contributed by atoms with Crippen LogP contribution < -0.4 is 0 Å². The molecule has 1 amide bonds. The third-order valence-electron chi connectivity index (χ3n) is 2.78. The normalized spacial score (nSPS) is 12.2. The van der Waals surface area contributed by atoms with Gasteiger partial charge in [0, 0.05) is 25.2 Å². The van der Waals surface area contributed by atoms with E-state index in [4.69, 9.17) is 0 Å². The highest BCUT2D eigenvalue weighted by molar-refractivity contribution is 5.94. The molecule has 0 saturated carbocycles. The maximum atomic E-state index is 12.0. The number of benzene rings is 1. The van der Waals surface area contributed by atoms with Crippen molar-refractivity contribution in [2.45, 2.75) is 20.3 Å². The highest BCUT2D eigenvalue weighted by Crippen LogP contribution is 2.21. The Morgan fingerprint density at radius 3 is 2.29 bits per heavy atom. The van der Waals surface area contributed by atoms with E-state index in [9.17, 15) is 15.0 Å². The number of nitrogens with zero attached hydrogens (tertiary/aromatic N) is 1. The molecule has 0 saturated heterocycles. The summed E-state index contributed by atoms with van der Waals surface area (Å²) in [6.45, 7) is 4.80. The van der Waals surface area contributed by atoms with Gasteiger partial charge in [0.15, 0.2) is 0 Å². The molecular weight excluding hydrogens is 218 g/mol. The van der Waals surface area contributed by atoms with Gasteiger partial charge in [0.05, 0.1) is 0 Å². The molecule has 4 nitrogen and oxygen atoms in total. The van der Waals surface area contributed by atoms with Crippen LogP contribution in [-0.4, -0.2) is 34.6 Å². The quantitative estimate of drug-likeness (QED) is 0.844. The molecule has 1 rings (SSSR count). The minimum Gasteiger partial charge on any atom is -0.508 e. The first-order valence-corrected chi connectivity index (χ1v) is 5.72. The first kappa shape index (κ1) is 13.4. The number of hydrogen-bond acceptors (Lipinski definition) is 3. The van der Waals surface area contributed by atoms with Crippen molar-refractivity contribution < 1.29 is 15.0 Å². The molecule has 0 heterocycles. The highest BCUT2D eigenvalue weighted by atomic mass is 16.3. The number of carbonyl (C=O) groups excluding carboxylic acids is 1. The standard InChI is InChI=1S/C13H19NO3/c1-4-9(2)8-14(3)13(17)10-5-11(15)7-12(16)6-10/h5-7,9,15-16H,4,8H2,1-3H3. The predicted octanol–water partition coefficient (Wildman–Crippen LogP) is 2.22. The van der Waals surface area contributed by atoms with E-state index in [1.807, 2.05) is 0 Å². The summed E-state index contributed by atoms with van der Waals surface area (Å²) in [5.41, 5.74) is 0.299. The van der Waals surface area contributed by atoms with E-state index in [0.717, 1.165) is 6.42 Å². The predicted molar refractivity (Wildman–Crippen MR) is 66.2 cm³/mol. The van der Waals surface area contributed by atoms with Crippen molar-refractivity contribution in [2.75, 3.05) is 13.6 Å². The number of phenols is 2. The SMILES string of the molecule is CCC(C)CN(C)C(=O)c1cc(O)cc(O)c1. The van der Waals surface area contributed by atoms with Crippen LogP contribution in [-0.2, 0) is 0 Å². The molecular formula is C13H19NO3. The number of aromatic hydroxyl groups is 2. The second-order valence-electron chi connectivity index (χ2n) is 4.44. The molecule has 0 aliphatic heterocycles. The van der Waals surface area contributed by atoms with Gasteiger partial charge in [0.2, 0.25) is 0 Å². The third-order valence-corrected chi connectivity index (χ3v) is 2.78. The molecule has 4 heteroatoms. The number of phenolic OH excluding ortho intramolecular Hbond substituents is 2. The van der Waals surface area contributed by atoms with Gasteiger partial charge in [-0.3, -0.25) is 4.79 Å². The Balaban J connectivity index is 2.81. The monoisotopic (exact) mass is 237 g/mol. The Labute approximate surface area is 101 Å². The number of amides is 1. The highest BCUT2D eigenvalue weighted by Gasteiger charge is 2.15. The third kappa shape index (κ3) is 3.66. The van der Waals surface area contributed by atoms with Gasteiger partial charge in [0.1, 0.15) is 11.5 Å². The number of rotatable bonds is 4. The Bertz CT molecular complexity index is 383. The Kier molecular flexibility index (Phi) is 4.37. The van der Waals surface area contributed by atoms with Crippen LogP contribution in [0.15, 0.2) is 18.2 Å². The molecule has 0 fully saturated rings. The van der Waals surface area contributed by atoms with Gasteiger partial charge >= 0.3 is 0 Å². The topological polar surface area (TPSA) is 60.8 Å². The molecule has 1 atom stereocenters. The zero-order valence-corrected chi connectivity index (χ0v) is 10.5. The van der Waals surface area contributed by atoms with E-state index in [2.05, 4.69) is 13.8 Å². The Morgan fingerprint density at radius 2 is 1.82 bits per heavy atom. The van der Waals surface area contributed by atoms with Gasteiger partial charge in [0.25, 0.3) is 5.91 Å². The van der Waals surface area contributed by atoms with Gasteiger partial charge in [-0.2, -0.15) is 0 Å². The molecule has 0 aliphatic carbocycles. The van der Waals surface area contributed by atoms with Crippen molar-refractivity contribution in [2.24, 2.45) is 5.92 Å². The van der Waals surface area contributed by atoms with E-state index in [1.54, 1.807) is 11.9 Å². The van der Waals surface area contributed by atoms with Crippen LogP contribution in [0.25, 0.3) is 0 Å². The van der Waals surface area contributed by atoms with Crippen LogP contribution in [0.2, 0.25) is 0 Å². The fraction of sp³-hybridized carbons (Fsp3) is 0.462. The maximum absolute atomic E-state index is 12.0. The summed E-state index contributed by atoms with van der Waals surface area (Å²) in [4.78, 5) is 13.6. The molecule has 1 aromatic carbocycles. The molecule has 94 valence electrons. The van der Waals surface area contributed by atoms with E-state index in [0.29, 0.717) is 18.0 Å². The molecule has 0 aromatic heterocycles. The summed E-state index contributed by atoms with van der Waals surface area (Å²) < 4.78 is 0. The summed E-state index contributed by atoms with van der Waals surface area (Å²) in [5.74, 6) is 0.0157. The van der Waals surface area contributed by atoms with Crippen LogP contribution in [0.5, 0.6) is 11.5 Å². The first-order valence-electron chi connectivity index (χ1n) is 5.72. The average Bonchev–Trinajstić information content (AvgIpc) is 2.26. The number of carbonyl (C=O) groups is 1. The van der Waals surface area contributed by atoms with Crippen LogP contribution >= 0.6 is 0 Å². The largest absolute Gasteiger partial charge is 0.508 e. The maximum Gasteiger partial charge on any atom is 0.253 e. The molecule has 1 unspecified atom stereocenters. The van der Waals surface area contributed by atoms with Gasteiger partial charge in [-0.05, 0) is 18.1 Å². The average molecular weight is 237 g/mol. The van der Waals surface area contributed by atoms with Gasteiger partial charge in [-0.25, -0.2) is 0 Å². The van der Waals surface area contributed by atoms with Crippen molar-refractivity contribution in [1.29, 1.82) is 0 Å². The molecule has 0 radical (unpaired) electrons. The molecule has 17 heavy (non-hydrogen) atoms. The summed E-state index contributed by atoms with van der Waals surface area (Å²) in [7, 11) is 1.72. The summed E-state index contributed by atoms with van der Waals surface area (Å²) in [5, 5.41) is 18.6. The Morgan fingerprint density at radius 1 is 1.29 bits per heavy atom. The van der Waals surface area contributed by atoms with Crippen molar-refractivity contribution in [3.8, 4) is 11.5 Å². The summed E-state index contributed by atoms with van der Waals surface area (Å²) >= 11 is 0. The fourth-order valence-electron chi connectivity index (χ4n) is 1.62. The van der Waals surface area contributed by atoms with Crippen molar-refractivity contribution in [3.05, 3.63) is 23.8 Å². The summed E-state index contributed by atoms with van der Waals surface area (Å²) in [6.07, 6.45) is 1.00. The molecule has 1 aromatic rings.